The summed E-state index contributed by atoms with van der Waals surface area (Å²) in [5.41, 5.74) is 2.23. The van der Waals surface area contributed by atoms with Crippen LogP contribution in [0.1, 0.15) is 30.4 Å². The van der Waals surface area contributed by atoms with E-state index in [1.807, 2.05) is 24.3 Å². The molecule has 0 spiro atoms. The van der Waals surface area contributed by atoms with Crippen molar-refractivity contribution in [3.63, 3.8) is 0 Å². The normalized spacial score (nSPS) is 13.8. The first-order chi connectivity index (χ1) is 18.1. The average Bonchev–Trinajstić information content (AvgIpc) is 3.37. The number of nitrogens with zero attached hydrogens (tertiary/aromatic N) is 3. The van der Waals surface area contributed by atoms with E-state index in [2.05, 4.69) is 10.3 Å². The maximum Gasteiger partial charge on any atom is 0.405 e. The molecular formula is C27H22ClF3N4O3. The van der Waals surface area contributed by atoms with Crippen LogP contribution in [-0.2, 0) is 16.8 Å². The number of rotatable bonds is 8. The Labute approximate surface area is 220 Å². The molecule has 1 aliphatic carbocycles. The third-order valence-electron chi connectivity index (χ3n) is 6.99. The Hall–Kier alpha value is -3.92. The maximum absolute atomic E-state index is 13.6. The first-order valence-corrected chi connectivity index (χ1v) is 12.3. The Kier molecular flexibility index (Phi) is 6.60. The van der Waals surface area contributed by atoms with Crippen LogP contribution in [0.3, 0.4) is 0 Å². The van der Waals surface area contributed by atoms with Crippen LogP contribution >= 0.6 is 11.6 Å². The molecule has 1 aromatic heterocycles. The minimum absolute atomic E-state index is 0.100. The number of nitrogens with one attached hydrogen (secondary N) is 1. The number of nitro groups is 1. The summed E-state index contributed by atoms with van der Waals surface area (Å²) in [6.45, 7) is -1.06. The first kappa shape index (κ1) is 25.7. The van der Waals surface area contributed by atoms with E-state index >= 15 is 0 Å². The Balaban J connectivity index is 1.45. The van der Waals surface area contributed by atoms with Crippen molar-refractivity contribution in [3.05, 3.63) is 93.3 Å². The molecule has 0 atom stereocenters. The number of non-ortho nitro benzene ring substituents is 1. The highest BCUT2D eigenvalue weighted by atomic mass is 35.5. The highest BCUT2D eigenvalue weighted by molar-refractivity contribution is 6.29. The number of amides is 1. The third-order valence-corrected chi connectivity index (χ3v) is 7.28. The molecule has 0 aliphatic heterocycles. The lowest BCUT2D eigenvalue weighted by Gasteiger charge is -2.31. The molecule has 0 radical (unpaired) electrons. The minimum Gasteiger partial charge on any atom is -0.346 e. The van der Waals surface area contributed by atoms with Crippen molar-refractivity contribution in [3.8, 4) is 11.1 Å². The lowest BCUT2D eigenvalue weighted by molar-refractivity contribution is -0.383. The maximum atomic E-state index is 13.6. The van der Waals surface area contributed by atoms with E-state index in [0.29, 0.717) is 36.0 Å². The van der Waals surface area contributed by atoms with E-state index in [-0.39, 0.29) is 22.9 Å². The van der Waals surface area contributed by atoms with E-state index < -0.39 is 29.0 Å². The molecule has 5 rings (SSSR count). The number of halogens is 4. The van der Waals surface area contributed by atoms with Gasteiger partial charge in [0.1, 0.15) is 12.0 Å². The van der Waals surface area contributed by atoms with Gasteiger partial charge in [-0.2, -0.15) is 13.2 Å². The van der Waals surface area contributed by atoms with Gasteiger partial charge in [0.2, 0.25) is 11.2 Å². The number of benzene rings is 3. The summed E-state index contributed by atoms with van der Waals surface area (Å²) >= 11 is 6.30. The van der Waals surface area contributed by atoms with Gasteiger partial charge in [-0.15, -0.1) is 0 Å². The van der Waals surface area contributed by atoms with E-state index in [1.54, 1.807) is 41.0 Å². The molecule has 7 nitrogen and oxygen atoms in total. The second-order valence-corrected chi connectivity index (χ2v) is 9.52. The number of carbonyl (C=O) groups is 1. The van der Waals surface area contributed by atoms with Gasteiger partial charge >= 0.3 is 6.18 Å². The summed E-state index contributed by atoms with van der Waals surface area (Å²) in [5.74, 6) is -0.700. The van der Waals surface area contributed by atoms with Crippen LogP contribution in [0.5, 0.6) is 0 Å². The molecule has 1 N–H and O–H groups in total. The van der Waals surface area contributed by atoms with Crippen LogP contribution in [0.25, 0.3) is 22.2 Å². The van der Waals surface area contributed by atoms with Crippen molar-refractivity contribution in [1.29, 1.82) is 0 Å². The summed E-state index contributed by atoms with van der Waals surface area (Å²) in [4.78, 5) is 28.6. The average molecular weight is 543 g/mol. The monoisotopic (exact) mass is 542 g/mol. The van der Waals surface area contributed by atoms with Gasteiger partial charge in [-0.05, 0) is 59.2 Å². The molecule has 0 bridgehead atoms. The Morgan fingerprint density at radius 1 is 1.00 bits per heavy atom. The number of carbonyl (C=O) groups excluding carboxylic acids is 1. The number of alkyl halides is 3. The molecule has 38 heavy (non-hydrogen) atoms. The SMILES string of the molecule is O=C(NCC(F)(F)F)C1(CCCCn2c(Cl)nc3c([N+](=O)[O-])cccc32)c2ccccc2-c2ccccc21. The summed E-state index contributed by atoms with van der Waals surface area (Å²) in [6.07, 6.45) is -3.31. The molecule has 1 amide bonds. The number of unbranched alkanes of at least 4 members (excludes halogenated alkanes) is 1. The molecular weight excluding hydrogens is 521 g/mol. The minimum atomic E-state index is -4.55. The van der Waals surface area contributed by atoms with Gasteiger partial charge in [0, 0.05) is 12.6 Å². The van der Waals surface area contributed by atoms with Crippen LogP contribution in [0.2, 0.25) is 5.28 Å². The fraction of sp³-hybridized carbons (Fsp3) is 0.259. The lowest BCUT2D eigenvalue weighted by Crippen LogP contribution is -2.47. The largest absolute Gasteiger partial charge is 0.405 e. The van der Waals surface area contributed by atoms with Gasteiger partial charge in [0.05, 0.1) is 10.4 Å². The smallest absolute Gasteiger partial charge is 0.346 e. The van der Waals surface area contributed by atoms with Crippen molar-refractivity contribution in [1.82, 2.24) is 14.9 Å². The molecule has 196 valence electrons. The topological polar surface area (TPSA) is 90.1 Å². The lowest BCUT2D eigenvalue weighted by atomic mass is 9.73. The van der Waals surface area contributed by atoms with Crippen LogP contribution in [0.4, 0.5) is 18.9 Å². The van der Waals surface area contributed by atoms with E-state index in [1.165, 1.54) is 6.07 Å². The zero-order valence-electron chi connectivity index (χ0n) is 20.0. The molecule has 4 aromatic rings. The highest BCUT2D eigenvalue weighted by Gasteiger charge is 2.49. The quantitative estimate of drug-likeness (QED) is 0.158. The van der Waals surface area contributed by atoms with Crippen LogP contribution < -0.4 is 5.32 Å². The zero-order valence-corrected chi connectivity index (χ0v) is 20.7. The number of fused-ring (bicyclic) bond motifs is 4. The molecule has 0 saturated carbocycles. The Morgan fingerprint density at radius 2 is 1.63 bits per heavy atom. The molecule has 1 heterocycles. The van der Waals surface area contributed by atoms with Gasteiger partial charge < -0.3 is 9.88 Å². The first-order valence-electron chi connectivity index (χ1n) is 12.0. The van der Waals surface area contributed by atoms with Crippen molar-refractivity contribution >= 4 is 34.2 Å². The van der Waals surface area contributed by atoms with Gasteiger partial charge in [-0.25, -0.2) is 4.98 Å². The molecule has 0 unspecified atom stereocenters. The number of nitro benzene ring substituents is 1. The highest BCUT2D eigenvalue weighted by Crippen LogP contribution is 2.51. The van der Waals surface area contributed by atoms with Gasteiger partial charge in [0.25, 0.3) is 5.69 Å². The van der Waals surface area contributed by atoms with Crippen LogP contribution in [-0.4, -0.2) is 33.1 Å². The predicted octanol–water partition coefficient (Wildman–Crippen LogP) is 6.41. The standard InChI is InChI=1S/C27H22ClF3N4O3/c28-25-33-23-21(12-7-13-22(23)35(37)38)34(25)15-6-5-14-26(24(36)32-16-27(29,30)31)19-10-3-1-8-17(19)18-9-2-4-11-20(18)26/h1-4,7-13H,5-6,14-16H2,(H,32,36). The fourth-order valence-corrected chi connectivity index (χ4v) is 5.67. The van der Waals surface area contributed by atoms with Gasteiger partial charge in [0.15, 0.2) is 5.52 Å². The number of hydrogen-bond donors (Lipinski definition) is 1. The molecule has 0 saturated heterocycles. The summed E-state index contributed by atoms with van der Waals surface area (Å²) in [5, 5.41) is 13.6. The zero-order chi connectivity index (χ0) is 27.1. The third kappa shape index (κ3) is 4.38. The van der Waals surface area contributed by atoms with E-state index in [0.717, 1.165) is 11.1 Å². The fourth-order valence-electron chi connectivity index (χ4n) is 5.41. The Bertz CT molecular complexity index is 1500. The Morgan fingerprint density at radius 3 is 2.24 bits per heavy atom. The van der Waals surface area contributed by atoms with Crippen LogP contribution in [0, 0.1) is 10.1 Å². The van der Waals surface area contributed by atoms with Crippen molar-refractivity contribution in [2.75, 3.05) is 6.54 Å². The van der Waals surface area contributed by atoms with E-state index in [9.17, 15) is 28.1 Å². The molecule has 1 aliphatic rings. The van der Waals surface area contributed by atoms with Gasteiger partial charge in [-0.1, -0.05) is 54.6 Å². The van der Waals surface area contributed by atoms with Crippen molar-refractivity contribution in [2.24, 2.45) is 0 Å². The van der Waals surface area contributed by atoms with Crippen molar-refractivity contribution < 1.29 is 22.9 Å². The van der Waals surface area contributed by atoms with E-state index in [4.69, 9.17) is 11.6 Å². The molecule has 3 aromatic carbocycles. The molecule has 0 fully saturated rings. The van der Waals surface area contributed by atoms with Crippen molar-refractivity contribution in [2.45, 2.75) is 37.4 Å². The number of hydrogen-bond acceptors (Lipinski definition) is 4. The summed E-state index contributed by atoms with van der Waals surface area (Å²) in [6, 6.07) is 19.2. The molecule has 11 heteroatoms. The second-order valence-electron chi connectivity index (χ2n) is 9.19. The number of para-hydroxylation sites is 1. The number of imidazole rings is 1. The van der Waals surface area contributed by atoms with Gasteiger partial charge in [-0.3, -0.25) is 14.9 Å². The number of aryl methyl sites for hydroxylation is 1. The summed E-state index contributed by atoms with van der Waals surface area (Å²) < 4.78 is 40.8. The summed E-state index contributed by atoms with van der Waals surface area (Å²) in [7, 11) is 0. The second kappa shape index (κ2) is 9.75. The number of aromatic nitrogens is 2. The van der Waals surface area contributed by atoms with Crippen LogP contribution in [0.15, 0.2) is 66.7 Å². The predicted molar refractivity (Wildman–Crippen MR) is 137 cm³/mol.